The second-order valence-corrected chi connectivity index (χ2v) is 5.54. The summed E-state index contributed by atoms with van der Waals surface area (Å²) in [5.41, 5.74) is 1.34. The fraction of sp³-hybridized carbons (Fsp3) is 0.615. The topological polar surface area (TPSA) is 32.3 Å². The molecule has 1 fully saturated rings. The van der Waals surface area contributed by atoms with Gasteiger partial charge in [0.05, 0.1) is 0 Å². The summed E-state index contributed by atoms with van der Waals surface area (Å²) in [6.45, 7) is 5.72. The summed E-state index contributed by atoms with van der Waals surface area (Å²) in [6.07, 6.45) is 2.98. The second kappa shape index (κ2) is 6.17. The molecule has 0 atom stereocenters. The number of hydrogen-bond donors (Lipinski definition) is 1. The molecule has 0 spiro atoms. The first kappa shape index (κ1) is 12.6. The Bertz CT molecular complexity index is 369. The van der Waals surface area contributed by atoms with Gasteiger partial charge in [-0.05, 0) is 36.8 Å². The van der Waals surface area contributed by atoms with Crippen molar-refractivity contribution >= 4 is 17.2 Å². The van der Waals surface area contributed by atoms with Crippen molar-refractivity contribution in [3.8, 4) is 0 Å². The van der Waals surface area contributed by atoms with Crippen LogP contribution in [0.1, 0.15) is 29.7 Å². The fourth-order valence-electron chi connectivity index (χ4n) is 2.11. The molecule has 1 saturated heterocycles. The summed E-state index contributed by atoms with van der Waals surface area (Å²) in [5.74, 6) is 0.304. The van der Waals surface area contributed by atoms with Crippen molar-refractivity contribution < 1.29 is 4.79 Å². The van der Waals surface area contributed by atoms with Crippen LogP contribution in [0.25, 0.3) is 0 Å². The summed E-state index contributed by atoms with van der Waals surface area (Å²) < 4.78 is 0. The van der Waals surface area contributed by atoms with E-state index < -0.39 is 0 Å². The first-order chi connectivity index (χ1) is 8.27. The number of carbonyl (C=O) groups is 1. The maximum absolute atomic E-state index is 11.8. The monoisotopic (exact) mass is 252 g/mol. The molecule has 0 bridgehead atoms. The van der Waals surface area contributed by atoms with Crippen LogP contribution in [0.3, 0.4) is 0 Å². The van der Waals surface area contributed by atoms with Crippen LogP contribution < -0.4 is 5.32 Å². The van der Waals surface area contributed by atoms with E-state index in [4.69, 9.17) is 0 Å². The van der Waals surface area contributed by atoms with E-state index in [0.717, 1.165) is 26.2 Å². The van der Waals surface area contributed by atoms with E-state index in [0.29, 0.717) is 12.3 Å². The van der Waals surface area contributed by atoms with Crippen LogP contribution >= 0.6 is 11.3 Å². The third-order valence-corrected chi connectivity index (χ3v) is 4.25. The molecule has 0 radical (unpaired) electrons. The number of thiophene rings is 1. The highest BCUT2D eigenvalue weighted by atomic mass is 32.1. The van der Waals surface area contributed by atoms with E-state index >= 15 is 0 Å². The maximum atomic E-state index is 11.8. The van der Waals surface area contributed by atoms with Crippen LogP contribution in [-0.2, 0) is 11.3 Å². The normalized spacial score (nSPS) is 15.5. The van der Waals surface area contributed by atoms with Crippen LogP contribution in [0.15, 0.2) is 11.4 Å². The Hall–Kier alpha value is -0.870. The highest BCUT2D eigenvalue weighted by Crippen LogP contribution is 2.14. The van der Waals surface area contributed by atoms with Crippen LogP contribution in [-0.4, -0.2) is 30.4 Å². The van der Waals surface area contributed by atoms with Gasteiger partial charge < -0.3 is 10.2 Å². The predicted octanol–water partition coefficient (Wildman–Crippen LogP) is 2.16. The van der Waals surface area contributed by atoms with E-state index in [9.17, 15) is 4.79 Å². The molecule has 1 aliphatic heterocycles. The lowest BCUT2D eigenvalue weighted by Crippen LogP contribution is -2.30. The average molecular weight is 252 g/mol. The highest BCUT2D eigenvalue weighted by Gasteiger charge is 2.16. The van der Waals surface area contributed by atoms with Gasteiger partial charge in [0.1, 0.15) is 0 Å². The van der Waals surface area contributed by atoms with Crippen molar-refractivity contribution in [1.29, 1.82) is 0 Å². The lowest BCUT2D eigenvalue weighted by atomic mass is 10.3. The van der Waals surface area contributed by atoms with Gasteiger partial charge in [0.2, 0.25) is 5.91 Å². The van der Waals surface area contributed by atoms with Crippen molar-refractivity contribution in [3.63, 3.8) is 0 Å². The van der Waals surface area contributed by atoms with E-state index in [1.807, 2.05) is 4.90 Å². The molecule has 94 valence electrons. The van der Waals surface area contributed by atoms with Gasteiger partial charge in [-0.1, -0.05) is 0 Å². The van der Waals surface area contributed by atoms with Gasteiger partial charge in [-0.2, -0.15) is 0 Å². The minimum Gasteiger partial charge on any atom is -0.343 e. The smallest absolute Gasteiger partial charge is 0.223 e. The molecule has 1 amide bonds. The van der Waals surface area contributed by atoms with Gasteiger partial charge in [0.25, 0.3) is 0 Å². The Morgan fingerprint density at radius 3 is 2.88 bits per heavy atom. The van der Waals surface area contributed by atoms with Crippen LogP contribution in [0.2, 0.25) is 0 Å². The maximum Gasteiger partial charge on any atom is 0.223 e. The van der Waals surface area contributed by atoms with Crippen LogP contribution in [0, 0.1) is 6.92 Å². The van der Waals surface area contributed by atoms with Crippen LogP contribution in [0.4, 0.5) is 0 Å². The van der Waals surface area contributed by atoms with Crippen molar-refractivity contribution in [1.82, 2.24) is 10.2 Å². The number of rotatable bonds is 5. The van der Waals surface area contributed by atoms with Gasteiger partial charge in [0, 0.05) is 37.5 Å². The lowest BCUT2D eigenvalue weighted by Gasteiger charge is -2.15. The van der Waals surface area contributed by atoms with Crippen molar-refractivity contribution in [3.05, 3.63) is 21.9 Å². The molecule has 1 aromatic rings. The first-order valence-corrected chi connectivity index (χ1v) is 7.17. The third kappa shape index (κ3) is 3.54. The van der Waals surface area contributed by atoms with Crippen molar-refractivity contribution in [2.75, 3.05) is 19.6 Å². The molecule has 1 aromatic heterocycles. The third-order valence-electron chi connectivity index (χ3n) is 3.23. The first-order valence-electron chi connectivity index (χ1n) is 6.29. The summed E-state index contributed by atoms with van der Waals surface area (Å²) in [4.78, 5) is 15.1. The predicted molar refractivity (Wildman–Crippen MR) is 71.2 cm³/mol. The molecule has 0 unspecified atom stereocenters. The van der Waals surface area contributed by atoms with Crippen LogP contribution in [0.5, 0.6) is 0 Å². The molecule has 4 heteroatoms. The number of nitrogens with one attached hydrogen (secondary N) is 1. The van der Waals surface area contributed by atoms with Gasteiger partial charge >= 0.3 is 0 Å². The largest absolute Gasteiger partial charge is 0.343 e. The van der Waals surface area contributed by atoms with E-state index in [1.54, 1.807) is 11.3 Å². The summed E-state index contributed by atoms with van der Waals surface area (Å²) in [7, 11) is 0. The number of nitrogens with zero attached hydrogens (tertiary/aromatic N) is 1. The van der Waals surface area contributed by atoms with E-state index in [-0.39, 0.29) is 0 Å². The molecule has 0 aliphatic carbocycles. The van der Waals surface area contributed by atoms with Gasteiger partial charge in [-0.15, -0.1) is 11.3 Å². The van der Waals surface area contributed by atoms with Gasteiger partial charge in [-0.25, -0.2) is 0 Å². The lowest BCUT2D eigenvalue weighted by molar-refractivity contribution is -0.130. The molecular formula is C13H20N2OS. The second-order valence-electron chi connectivity index (χ2n) is 4.54. The molecule has 2 rings (SSSR count). The summed E-state index contributed by atoms with van der Waals surface area (Å²) >= 11 is 1.78. The van der Waals surface area contributed by atoms with Gasteiger partial charge in [0.15, 0.2) is 0 Å². The Morgan fingerprint density at radius 2 is 2.24 bits per heavy atom. The molecule has 1 N–H and O–H groups in total. The molecular weight excluding hydrogens is 232 g/mol. The number of aryl methyl sites for hydroxylation is 1. The number of likely N-dealkylation sites (tertiary alicyclic amines) is 1. The van der Waals surface area contributed by atoms with Crippen molar-refractivity contribution in [2.45, 2.75) is 32.7 Å². The van der Waals surface area contributed by atoms with Gasteiger partial charge in [-0.3, -0.25) is 4.79 Å². The molecule has 3 nitrogen and oxygen atoms in total. The zero-order valence-electron chi connectivity index (χ0n) is 10.4. The molecule has 17 heavy (non-hydrogen) atoms. The Balaban J connectivity index is 1.63. The minimum absolute atomic E-state index is 0.304. The Kier molecular flexibility index (Phi) is 4.57. The number of carbonyl (C=O) groups excluding carboxylic acids is 1. The fourth-order valence-corrected chi connectivity index (χ4v) is 2.98. The zero-order chi connectivity index (χ0) is 12.1. The summed E-state index contributed by atoms with van der Waals surface area (Å²) in [6, 6.07) is 2.14. The number of hydrogen-bond acceptors (Lipinski definition) is 3. The zero-order valence-corrected chi connectivity index (χ0v) is 11.2. The Labute approximate surface area is 107 Å². The quantitative estimate of drug-likeness (QED) is 0.815. The number of amides is 1. The van der Waals surface area contributed by atoms with Crippen molar-refractivity contribution in [2.24, 2.45) is 0 Å². The Morgan fingerprint density at radius 1 is 1.47 bits per heavy atom. The molecule has 1 aliphatic rings. The standard InChI is InChI=1S/C13H20N2OS/c1-11-5-9-17-12(11)10-14-6-4-13(16)15-7-2-3-8-15/h5,9,14H,2-4,6-8,10H2,1H3. The molecule has 2 heterocycles. The summed E-state index contributed by atoms with van der Waals surface area (Å²) in [5, 5.41) is 5.46. The average Bonchev–Trinajstić information content (AvgIpc) is 2.96. The molecule has 0 saturated carbocycles. The van der Waals surface area contributed by atoms with E-state index in [1.165, 1.54) is 23.3 Å². The molecule has 0 aromatic carbocycles. The minimum atomic E-state index is 0.304. The SMILES string of the molecule is Cc1ccsc1CNCCC(=O)N1CCCC1. The highest BCUT2D eigenvalue weighted by molar-refractivity contribution is 7.10. The van der Waals surface area contributed by atoms with E-state index in [2.05, 4.69) is 23.7 Å².